The molecule has 1 fully saturated rings. The average molecular weight is 458 g/mol. The molecule has 2 aromatic carbocycles. The van der Waals surface area contributed by atoms with Crippen molar-refractivity contribution in [2.24, 2.45) is 5.92 Å². The SMILES string of the molecule is COC(=O)NC1CCC(c2ccc3c(c2)CCC(COS(=O)(=O)c2ccc(C)cc2)C3)C1. The van der Waals surface area contributed by atoms with Crippen molar-refractivity contribution < 1.29 is 22.1 Å². The minimum Gasteiger partial charge on any atom is -0.453 e. The number of hydrogen-bond acceptors (Lipinski definition) is 5. The maximum absolute atomic E-state index is 12.5. The Labute approximate surface area is 190 Å². The smallest absolute Gasteiger partial charge is 0.407 e. The fraction of sp³-hybridized carbons (Fsp3) is 0.480. The number of amides is 1. The summed E-state index contributed by atoms with van der Waals surface area (Å²) >= 11 is 0. The molecule has 1 saturated carbocycles. The maximum atomic E-state index is 12.5. The molecule has 4 rings (SSSR count). The molecular weight excluding hydrogens is 426 g/mol. The Bertz CT molecular complexity index is 1060. The number of alkyl carbamates (subject to hydrolysis) is 1. The van der Waals surface area contributed by atoms with Gasteiger partial charge >= 0.3 is 6.09 Å². The van der Waals surface area contributed by atoms with E-state index in [4.69, 9.17) is 8.92 Å². The van der Waals surface area contributed by atoms with E-state index in [1.165, 1.54) is 23.8 Å². The first kappa shape index (κ1) is 22.8. The molecule has 0 radical (unpaired) electrons. The van der Waals surface area contributed by atoms with Crippen LogP contribution < -0.4 is 5.32 Å². The van der Waals surface area contributed by atoms with Crippen molar-refractivity contribution in [3.8, 4) is 0 Å². The van der Waals surface area contributed by atoms with E-state index < -0.39 is 10.1 Å². The molecule has 3 atom stereocenters. The third kappa shape index (κ3) is 5.33. The second-order valence-corrected chi connectivity index (χ2v) is 10.6. The van der Waals surface area contributed by atoms with Crippen molar-refractivity contribution in [2.45, 2.75) is 62.3 Å². The normalized spacial score (nSPS) is 22.9. The molecule has 1 N–H and O–H groups in total. The van der Waals surface area contributed by atoms with Gasteiger partial charge in [0.1, 0.15) is 0 Å². The molecule has 1 amide bonds. The zero-order chi connectivity index (χ0) is 22.7. The Kier molecular flexibility index (Phi) is 6.86. The standard InChI is InChI=1S/C25H31NO5S/c1-17-3-11-24(12-4-17)32(28,29)31-16-18-5-6-20-14-21(8-7-19(20)13-18)22-9-10-23(15-22)26-25(27)30-2/h3-4,7-8,11-12,14,18,22-23H,5-6,9-10,13,15-16H2,1-2H3,(H,26,27). The number of fused-ring (bicyclic) bond motifs is 1. The summed E-state index contributed by atoms with van der Waals surface area (Å²) in [7, 11) is -2.34. The molecule has 0 aliphatic heterocycles. The van der Waals surface area contributed by atoms with Crippen LogP contribution in [0.25, 0.3) is 0 Å². The quantitative estimate of drug-likeness (QED) is 0.646. The van der Waals surface area contributed by atoms with E-state index in [1.807, 2.05) is 6.92 Å². The lowest BCUT2D eigenvalue weighted by Crippen LogP contribution is -2.32. The number of methoxy groups -OCH3 is 1. The van der Waals surface area contributed by atoms with Crippen LogP contribution in [-0.4, -0.2) is 34.3 Å². The number of carbonyl (C=O) groups is 1. The zero-order valence-electron chi connectivity index (χ0n) is 18.7. The Hall–Kier alpha value is -2.38. The Morgan fingerprint density at radius 2 is 1.84 bits per heavy atom. The van der Waals surface area contributed by atoms with Gasteiger partial charge in [-0.25, -0.2) is 4.79 Å². The number of nitrogens with one attached hydrogen (secondary N) is 1. The summed E-state index contributed by atoms with van der Waals surface area (Å²) < 4.78 is 35.1. The van der Waals surface area contributed by atoms with Crippen LogP contribution in [0.3, 0.4) is 0 Å². The summed E-state index contributed by atoms with van der Waals surface area (Å²) in [6.45, 7) is 2.13. The summed E-state index contributed by atoms with van der Waals surface area (Å²) in [5, 5.41) is 2.91. The van der Waals surface area contributed by atoms with Crippen LogP contribution in [0.15, 0.2) is 47.4 Å². The molecule has 2 aliphatic rings. The monoisotopic (exact) mass is 457 g/mol. The Balaban J connectivity index is 1.34. The van der Waals surface area contributed by atoms with Crippen LogP contribution in [0, 0.1) is 12.8 Å². The van der Waals surface area contributed by atoms with E-state index >= 15 is 0 Å². The van der Waals surface area contributed by atoms with Crippen molar-refractivity contribution in [3.63, 3.8) is 0 Å². The van der Waals surface area contributed by atoms with Crippen LogP contribution in [0.1, 0.15) is 53.9 Å². The lowest BCUT2D eigenvalue weighted by Gasteiger charge is -2.25. The number of aryl methyl sites for hydroxylation is 2. The highest BCUT2D eigenvalue weighted by molar-refractivity contribution is 7.86. The van der Waals surface area contributed by atoms with Crippen molar-refractivity contribution in [3.05, 3.63) is 64.7 Å². The summed E-state index contributed by atoms with van der Waals surface area (Å²) in [5.41, 5.74) is 4.97. The van der Waals surface area contributed by atoms with Crippen LogP contribution >= 0.6 is 0 Å². The molecule has 2 aromatic rings. The van der Waals surface area contributed by atoms with Crippen molar-refractivity contribution in [1.82, 2.24) is 5.32 Å². The van der Waals surface area contributed by atoms with Gasteiger partial charge in [0.05, 0.1) is 18.6 Å². The zero-order valence-corrected chi connectivity index (χ0v) is 19.5. The Morgan fingerprint density at radius 3 is 2.59 bits per heavy atom. The molecule has 0 aromatic heterocycles. The number of carbonyl (C=O) groups excluding carboxylic acids is 1. The van der Waals surface area contributed by atoms with Gasteiger partial charge in [-0.15, -0.1) is 0 Å². The summed E-state index contributed by atoms with van der Waals surface area (Å²) in [6, 6.07) is 13.6. The van der Waals surface area contributed by atoms with E-state index in [2.05, 4.69) is 23.5 Å². The second-order valence-electron chi connectivity index (χ2n) is 9.03. The van der Waals surface area contributed by atoms with Gasteiger partial charge in [0, 0.05) is 6.04 Å². The predicted octanol–water partition coefficient (Wildman–Crippen LogP) is 4.50. The van der Waals surface area contributed by atoms with Gasteiger partial charge in [-0.1, -0.05) is 35.9 Å². The molecule has 2 aliphatic carbocycles. The van der Waals surface area contributed by atoms with E-state index in [1.54, 1.807) is 24.3 Å². The van der Waals surface area contributed by atoms with Gasteiger partial charge in [-0.2, -0.15) is 8.42 Å². The average Bonchev–Trinajstić information content (AvgIpc) is 3.26. The molecule has 0 spiro atoms. The number of hydrogen-bond donors (Lipinski definition) is 1. The lowest BCUT2D eigenvalue weighted by molar-refractivity contribution is 0.166. The highest BCUT2D eigenvalue weighted by Gasteiger charge is 2.29. The van der Waals surface area contributed by atoms with E-state index in [-0.39, 0.29) is 29.6 Å². The van der Waals surface area contributed by atoms with E-state index in [9.17, 15) is 13.2 Å². The molecule has 7 heteroatoms. The van der Waals surface area contributed by atoms with E-state index in [0.29, 0.717) is 5.92 Å². The van der Waals surface area contributed by atoms with Crippen molar-refractivity contribution in [2.75, 3.05) is 13.7 Å². The second kappa shape index (κ2) is 9.63. The first-order valence-corrected chi connectivity index (χ1v) is 12.7. The molecule has 32 heavy (non-hydrogen) atoms. The topological polar surface area (TPSA) is 81.7 Å². The third-order valence-corrected chi connectivity index (χ3v) is 8.04. The largest absolute Gasteiger partial charge is 0.453 e. The molecule has 0 bridgehead atoms. The van der Waals surface area contributed by atoms with E-state index in [0.717, 1.165) is 44.1 Å². The van der Waals surface area contributed by atoms with Crippen LogP contribution in [0.4, 0.5) is 4.79 Å². The van der Waals surface area contributed by atoms with Gasteiger partial charge < -0.3 is 10.1 Å². The molecule has 0 heterocycles. The van der Waals surface area contributed by atoms with Crippen molar-refractivity contribution >= 4 is 16.2 Å². The molecule has 3 unspecified atom stereocenters. The fourth-order valence-corrected chi connectivity index (χ4v) is 5.82. The highest BCUT2D eigenvalue weighted by Crippen LogP contribution is 2.37. The summed E-state index contributed by atoms with van der Waals surface area (Å²) in [4.78, 5) is 11.7. The highest BCUT2D eigenvalue weighted by atomic mass is 32.2. The number of ether oxygens (including phenoxy) is 1. The molecular formula is C25H31NO5S. The summed E-state index contributed by atoms with van der Waals surface area (Å²) in [5.74, 6) is 0.636. The van der Waals surface area contributed by atoms with Gasteiger partial charge in [0.25, 0.3) is 10.1 Å². The van der Waals surface area contributed by atoms with Gasteiger partial charge in [-0.05, 0) is 86.1 Å². The summed E-state index contributed by atoms with van der Waals surface area (Å²) in [6.07, 6.45) is 5.26. The minimum atomic E-state index is -3.73. The minimum absolute atomic E-state index is 0.167. The number of rotatable bonds is 6. The fourth-order valence-electron chi connectivity index (χ4n) is 4.85. The molecule has 0 saturated heterocycles. The number of benzene rings is 2. The molecule has 172 valence electrons. The molecule has 6 nitrogen and oxygen atoms in total. The van der Waals surface area contributed by atoms with Crippen LogP contribution in [0.5, 0.6) is 0 Å². The first-order valence-electron chi connectivity index (χ1n) is 11.3. The lowest BCUT2D eigenvalue weighted by atomic mass is 9.82. The van der Waals surface area contributed by atoms with Crippen LogP contribution in [0.2, 0.25) is 0 Å². The van der Waals surface area contributed by atoms with Crippen LogP contribution in [-0.2, 0) is 31.9 Å². The first-order chi connectivity index (χ1) is 15.3. The predicted molar refractivity (Wildman–Crippen MR) is 122 cm³/mol. The van der Waals surface area contributed by atoms with Gasteiger partial charge in [0.15, 0.2) is 0 Å². The third-order valence-electron chi connectivity index (χ3n) is 6.74. The maximum Gasteiger partial charge on any atom is 0.407 e. The van der Waals surface area contributed by atoms with Crippen molar-refractivity contribution in [1.29, 1.82) is 0 Å². The Morgan fingerprint density at radius 1 is 1.06 bits per heavy atom. The van der Waals surface area contributed by atoms with Gasteiger partial charge in [0.2, 0.25) is 0 Å². The van der Waals surface area contributed by atoms with Gasteiger partial charge in [-0.3, -0.25) is 4.18 Å².